The van der Waals surface area contributed by atoms with Gasteiger partial charge in [-0.1, -0.05) is 133 Å². The number of benzene rings is 8. The number of nitriles is 2. The number of hydrogen-bond donors (Lipinski definition) is 0. The van der Waals surface area contributed by atoms with Crippen LogP contribution in [0.2, 0.25) is 0 Å². The fourth-order valence-corrected chi connectivity index (χ4v) is 9.75. The molecule has 0 spiro atoms. The number of rotatable bonds is 5. The third-order valence-corrected chi connectivity index (χ3v) is 12.3. The van der Waals surface area contributed by atoms with Crippen LogP contribution in [0.1, 0.15) is 11.1 Å². The highest BCUT2D eigenvalue weighted by Crippen LogP contribution is 2.45. The molecule has 61 heavy (non-hydrogen) atoms. The molecule has 0 aliphatic carbocycles. The number of hydrogen-bond acceptors (Lipinski definition) is 3. The summed E-state index contributed by atoms with van der Waals surface area (Å²) >= 11 is 0. The fraction of sp³-hybridized carbons (Fsp3) is 0. The molecule has 0 unspecified atom stereocenters. The Morgan fingerprint density at radius 1 is 0.311 bits per heavy atom. The molecule has 12 aromatic rings. The molecule has 0 N–H and O–H groups in total. The van der Waals surface area contributed by atoms with Crippen LogP contribution in [0.5, 0.6) is 0 Å². The van der Waals surface area contributed by atoms with E-state index in [9.17, 15) is 10.5 Å². The van der Waals surface area contributed by atoms with Crippen LogP contribution in [-0.4, -0.2) is 18.7 Å². The summed E-state index contributed by atoms with van der Waals surface area (Å²) in [6.45, 7) is 0. The molecular formula is C55H32N6. The van der Waals surface area contributed by atoms with E-state index in [1.165, 1.54) is 0 Å². The Bertz CT molecular complexity index is 3510. The van der Waals surface area contributed by atoms with Gasteiger partial charge in [0.2, 0.25) is 0 Å². The van der Waals surface area contributed by atoms with Crippen molar-refractivity contribution >= 4 is 65.4 Å². The van der Waals surface area contributed by atoms with E-state index >= 15 is 0 Å². The molecule has 8 aromatic carbocycles. The Morgan fingerprint density at radius 3 is 0.918 bits per heavy atom. The molecule has 0 bridgehead atoms. The number of fused-ring (bicyclic) bond motifs is 9. The van der Waals surface area contributed by atoms with Crippen molar-refractivity contribution in [2.45, 2.75) is 0 Å². The van der Waals surface area contributed by atoms with E-state index in [0.717, 1.165) is 105 Å². The molecule has 0 radical (unpaired) electrons. The zero-order chi connectivity index (χ0) is 40.6. The van der Waals surface area contributed by atoms with E-state index in [4.69, 9.17) is 4.98 Å². The number of nitrogens with zero attached hydrogens (tertiary/aromatic N) is 6. The Hall–Kier alpha value is -8.71. The minimum atomic E-state index is 0.523. The molecule has 0 aliphatic rings. The summed E-state index contributed by atoms with van der Waals surface area (Å²) in [5.74, 6) is 0. The van der Waals surface area contributed by atoms with Gasteiger partial charge in [-0.3, -0.25) is 4.98 Å². The largest absolute Gasteiger partial charge is 0.308 e. The van der Waals surface area contributed by atoms with Gasteiger partial charge in [0.25, 0.3) is 0 Å². The van der Waals surface area contributed by atoms with Crippen molar-refractivity contribution in [3.05, 3.63) is 206 Å². The van der Waals surface area contributed by atoms with Crippen LogP contribution in [0.15, 0.2) is 194 Å². The Kier molecular flexibility index (Phi) is 7.56. The van der Waals surface area contributed by atoms with Crippen molar-refractivity contribution in [2.75, 3.05) is 0 Å². The highest BCUT2D eigenvalue weighted by atomic mass is 15.0. The van der Waals surface area contributed by atoms with Crippen LogP contribution in [0.4, 0.5) is 0 Å². The smallest absolute Gasteiger partial charge is 0.102 e. The topological polar surface area (TPSA) is 75.3 Å². The van der Waals surface area contributed by atoms with Crippen molar-refractivity contribution in [2.24, 2.45) is 0 Å². The van der Waals surface area contributed by atoms with Crippen LogP contribution in [0.3, 0.4) is 0 Å². The molecule has 4 heterocycles. The average Bonchev–Trinajstić information content (AvgIpc) is 3.96. The Balaban J connectivity index is 1.20. The zero-order valence-electron chi connectivity index (χ0n) is 32.7. The zero-order valence-corrected chi connectivity index (χ0v) is 32.7. The fourth-order valence-electron chi connectivity index (χ4n) is 9.75. The quantitative estimate of drug-likeness (QED) is 0.175. The third-order valence-electron chi connectivity index (χ3n) is 12.3. The van der Waals surface area contributed by atoms with Crippen LogP contribution in [0.25, 0.3) is 105 Å². The molecule has 12 rings (SSSR count). The highest BCUT2D eigenvalue weighted by Gasteiger charge is 2.26. The van der Waals surface area contributed by atoms with Crippen molar-refractivity contribution in [3.8, 4) is 51.5 Å². The monoisotopic (exact) mass is 776 g/mol. The number of para-hydroxylation sites is 6. The molecule has 0 amide bonds. The minimum absolute atomic E-state index is 0.523. The maximum atomic E-state index is 11.3. The summed E-state index contributed by atoms with van der Waals surface area (Å²) in [5.41, 5.74) is 12.6. The summed E-state index contributed by atoms with van der Waals surface area (Å²) in [6, 6.07) is 67.7. The van der Waals surface area contributed by atoms with Gasteiger partial charge in [-0.25, -0.2) is 0 Å². The van der Waals surface area contributed by atoms with Gasteiger partial charge in [0.15, 0.2) is 0 Å². The predicted octanol–water partition coefficient (Wildman–Crippen LogP) is 13.5. The molecule has 0 saturated heterocycles. The van der Waals surface area contributed by atoms with Gasteiger partial charge in [-0.05, 0) is 48.5 Å². The molecule has 0 aliphatic heterocycles. The number of pyridine rings is 1. The van der Waals surface area contributed by atoms with Crippen molar-refractivity contribution in [3.63, 3.8) is 0 Å². The minimum Gasteiger partial charge on any atom is -0.308 e. The van der Waals surface area contributed by atoms with Crippen LogP contribution >= 0.6 is 0 Å². The van der Waals surface area contributed by atoms with E-state index in [1.807, 2.05) is 73.1 Å². The molecule has 6 nitrogen and oxygen atoms in total. The van der Waals surface area contributed by atoms with E-state index in [1.54, 1.807) is 0 Å². The first-order valence-electron chi connectivity index (χ1n) is 20.3. The SMILES string of the molecule is N#Cc1c(-c2cncc(-c3cccc(-n4c5ccccc5c5ccccc54)c3C#N)c2-n2c3ccccc3c3ccccc32)cccc1-n1c2ccccc2c2ccccc21. The normalized spacial score (nSPS) is 11.6. The lowest BCUT2D eigenvalue weighted by molar-refractivity contribution is 1.14. The third kappa shape index (κ3) is 4.91. The summed E-state index contributed by atoms with van der Waals surface area (Å²) in [4.78, 5) is 4.96. The summed E-state index contributed by atoms with van der Waals surface area (Å²) in [5, 5.41) is 29.3. The van der Waals surface area contributed by atoms with Gasteiger partial charge in [0.1, 0.15) is 12.1 Å². The summed E-state index contributed by atoms with van der Waals surface area (Å²) in [7, 11) is 0. The number of aromatic nitrogens is 4. The van der Waals surface area contributed by atoms with Gasteiger partial charge < -0.3 is 13.7 Å². The van der Waals surface area contributed by atoms with Gasteiger partial charge >= 0.3 is 0 Å². The van der Waals surface area contributed by atoms with E-state index in [-0.39, 0.29) is 0 Å². The molecule has 4 aromatic heterocycles. The second kappa shape index (κ2) is 13.4. The van der Waals surface area contributed by atoms with Crippen LogP contribution < -0.4 is 0 Å². The first-order chi connectivity index (χ1) is 30.2. The Morgan fingerprint density at radius 2 is 0.607 bits per heavy atom. The molecule has 0 fully saturated rings. The van der Waals surface area contributed by atoms with Crippen molar-refractivity contribution in [1.29, 1.82) is 10.5 Å². The second-order valence-electron chi connectivity index (χ2n) is 15.3. The second-order valence-corrected chi connectivity index (χ2v) is 15.3. The van der Waals surface area contributed by atoms with E-state index < -0.39 is 0 Å². The van der Waals surface area contributed by atoms with Gasteiger partial charge in [-0.15, -0.1) is 0 Å². The van der Waals surface area contributed by atoms with E-state index in [0.29, 0.717) is 11.1 Å². The summed E-state index contributed by atoms with van der Waals surface area (Å²) < 4.78 is 6.69. The molecule has 6 heteroatoms. The van der Waals surface area contributed by atoms with Crippen LogP contribution in [0, 0.1) is 22.7 Å². The van der Waals surface area contributed by atoms with Gasteiger partial charge in [-0.2, -0.15) is 10.5 Å². The highest BCUT2D eigenvalue weighted by molar-refractivity contribution is 6.13. The first-order valence-corrected chi connectivity index (χ1v) is 20.3. The first kappa shape index (κ1) is 34.3. The predicted molar refractivity (Wildman–Crippen MR) is 248 cm³/mol. The van der Waals surface area contributed by atoms with Crippen LogP contribution in [-0.2, 0) is 0 Å². The van der Waals surface area contributed by atoms with Crippen molar-refractivity contribution < 1.29 is 0 Å². The maximum absolute atomic E-state index is 11.3. The standard InChI is InChI=1S/C55H32N6/c56-31-43-35(21-13-29-53(43)59-47-23-7-1-15-37(47)38-16-2-8-24-48(38)59)45-33-58-34-46(55(45)61-51-27-11-5-19-41(51)42-20-6-12-28-52(42)61)36-22-14-30-54(44(36)32-57)60-49-25-9-3-17-39(49)40-18-4-10-26-50(40)60/h1-30,33-34H. The van der Waals surface area contributed by atoms with Gasteiger partial charge in [0.05, 0.1) is 61.3 Å². The Labute approximate surface area is 350 Å². The average molecular weight is 777 g/mol. The molecule has 282 valence electrons. The van der Waals surface area contributed by atoms with Gasteiger partial charge in [0, 0.05) is 67.0 Å². The lowest BCUT2D eigenvalue weighted by Crippen LogP contribution is -2.06. The maximum Gasteiger partial charge on any atom is 0.102 e. The lowest BCUT2D eigenvalue weighted by Gasteiger charge is -2.21. The van der Waals surface area contributed by atoms with Crippen molar-refractivity contribution in [1.82, 2.24) is 18.7 Å². The molecule has 0 atom stereocenters. The lowest BCUT2D eigenvalue weighted by atomic mass is 9.92. The summed E-state index contributed by atoms with van der Waals surface area (Å²) in [6.07, 6.45) is 3.74. The molecule has 0 saturated carbocycles. The molecular weight excluding hydrogens is 745 g/mol. The van der Waals surface area contributed by atoms with E-state index in [2.05, 4.69) is 147 Å².